The number of hydrogen-bond acceptors (Lipinski definition) is 7. The largest absolute Gasteiger partial charge is 0.618 e. The van der Waals surface area contributed by atoms with Gasteiger partial charge in [-0.05, 0) is 18.2 Å². The smallest absolute Gasteiger partial charge is 0.522 e. The fraction of sp³-hybridized carbons (Fsp3) is 0.250. The van der Waals surface area contributed by atoms with E-state index >= 15 is 4.39 Å². The fourth-order valence-electron chi connectivity index (χ4n) is 4.30. The van der Waals surface area contributed by atoms with Crippen LogP contribution in [0.5, 0.6) is 0 Å². The predicted molar refractivity (Wildman–Crippen MR) is 133 cm³/mol. The zero-order valence-corrected chi connectivity index (χ0v) is 22.3. The molecule has 0 fully saturated rings. The molecule has 5 rings (SSSR count). The zero-order valence-electron chi connectivity index (χ0n) is 21.6. The Kier molecular flexibility index (Phi) is 7.82. The van der Waals surface area contributed by atoms with Gasteiger partial charge in [-0.3, -0.25) is 9.42 Å². The molecule has 0 bridgehead atoms. The summed E-state index contributed by atoms with van der Waals surface area (Å²) < 4.78 is 100. The molecule has 0 aliphatic heterocycles. The standard InChI is InChI=1S/C24H17ClF7N9O2/c1-38-22(33-12-35-38)14-8-34-39(9-14)16(6-7-43-24(30,31)32)17-4-2-13(10-41(17)42)20-18(5-3-15(25)21(20)26)40-11-19(36-37-40)23(27,28)29/h2-5,8-12,16H,6-7H2,1H3/t16-/m0/s1. The van der Waals surface area contributed by atoms with Gasteiger partial charge in [-0.2, -0.15) is 28.1 Å². The van der Waals surface area contributed by atoms with Crippen LogP contribution in [-0.2, 0) is 18.0 Å². The second-order valence-electron chi connectivity index (χ2n) is 8.98. The van der Waals surface area contributed by atoms with Crippen LogP contribution >= 0.6 is 11.6 Å². The number of pyridine rings is 1. The third kappa shape index (κ3) is 6.29. The van der Waals surface area contributed by atoms with Crippen molar-refractivity contribution >= 4 is 11.6 Å². The van der Waals surface area contributed by atoms with E-state index in [4.69, 9.17) is 11.6 Å². The molecule has 0 unspecified atom stereocenters. The molecule has 19 heteroatoms. The highest BCUT2D eigenvalue weighted by atomic mass is 35.5. The van der Waals surface area contributed by atoms with Crippen LogP contribution in [0.25, 0.3) is 28.2 Å². The van der Waals surface area contributed by atoms with E-state index in [-0.39, 0.29) is 33.7 Å². The molecule has 5 aromatic rings. The molecule has 11 nitrogen and oxygen atoms in total. The van der Waals surface area contributed by atoms with E-state index in [2.05, 4.69) is 30.2 Å². The van der Waals surface area contributed by atoms with Gasteiger partial charge in [0, 0.05) is 25.7 Å². The first kappa shape index (κ1) is 29.9. The number of hydrogen-bond donors (Lipinski definition) is 0. The lowest BCUT2D eigenvalue weighted by Gasteiger charge is -2.19. The minimum Gasteiger partial charge on any atom is -0.618 e. The molecule has 1 atom stereocenters. The number of aryl methyl sites for hydroxylation is 1. The summed E-state index contributed by atoms with van der Waals surface area (Å²) in [5.41, 5.74) is -1.70. The average Bonchev–Trinajstić information content (AvgIpc) is 3.69. The first-order chi connectivity index (χ1) is 20.2. The molecule has 0 amide bonds. The SMILES string of the molecule is Cn1ncnc1-c1cnn([C@@H](CCOC(F)(F)F)c2ccc(-c3c(-n4cc(C(F)(F)F)nn4)ccc(Cl)c3F)c[n+]2[O-])c1. The van der Waals surface area contributed by atoms with E-state index in [0.29, 0.717) is 22.3 Å². The van der Waals surface area contributed by atoms with E-state index in [1.54, 1.807) is 7.05 Å². The fourth-order valence-corrected chi connectivity index (χ4v) is 4.46. The number of benzene rings is 1. The number of ether oxygens (including phenoxy) is 1. The Bertz CT molecular complexity index is 1760. The van der Waals surface area contributed by atoms with E-state index in [1.807, 2.05) is 0 Å². The molecule has 43 heavy (non-hydrogen) atoms. The van der Waals surface area contributed by atoms with Crippen molar-refractivity contribution in [3.05, 3.63) is 82.8 Å². The van der Waals surface area contributed by atoms with Crippen molar-refractivity contribution in [2.24, 2.45) is 7.05 Å². The lowest BCUT2D eigenvalue weighted by molar-refractivity contribution is -0.615. The van der Waals surface area contributed by atoms with E-state index in [9.17, 15) is 31.5 Å². The molecule has 0 saturated heterocycles. The predicted octanol–water partition coefficient (Wildman–Crippen LogP) is 4.89. The van der Waals surface area contributed by atoms with Crippen LogP contribution < -0.4 is 4.73 Å². The molecule has 4 heterocycles. The third-order valence-corrected chi connectivity index (χ3v) is 6.52. The number of nitrogens with zero attached hydrogens (tertiary/aromatic N) is 9. The Morgan fingerprint density at radius 2 is 1.81 bits per heavy atom. The Hall–Kier alpha value is -4.58. The minimum absolute atomic E-state index is 0.105. The highest BCUT2D eigenvalue weighted by molar-refractivity contribution is 6.31. The van der Waals surface area contributed by atoms with Gasteiger partial charge < -0.3 is 5.21 Å². The van der Waals surface area contributed by atoms with Crippen molar-refractivity contribution in [1.29, 1.82) is 0 Å². The summed E-state index contributed by atoms with van der Waals surface area (Å²) in [7, 11) is 1.62. The molecule has 0 saturated carbocycles. The molecular formula is C24H17ClF7N9O2. The normalized spacial score (nSPS) is 13.0. The monoisotopic (exact) mass is 631 g/mol. The Balaban J connectivity index is 1.55. The van der Waals surface area contributed by atoms with Crippen LogP contribution in [0.4, 0.5) is 30.7 Å². The molecule has 226 valence electrons. The second kappa shape index (κ2) is 11.3. The number of rotatable bonds is 8. The van der Waals surface area contributed by atoms with Crippen LogP contribution in [-0.4, -0.2) is 52.5 Å². The van der Waals surface area contributed by atoms with Gasteiger partial charge in [0.1, 0.15) is 12.4 Å². The maximum absolute atomic E-state index is 15.3. The van der Waals surface area contributed by atoms with E-state index in [0.717, 1.165) is 12.3 Å². The summed E-state index contributed by atoms with van der Waals surface area (Å²) in [5.74, 6) is -0.667. The molecule has 4 aromatic heterocycles. The Morgan fingerprint density at radius 3 is 2.44 bits per heavy atom. The number of alkyl halides is 6. The summed E-state index contributed by atoms with van der Waals surface area (Å²) in [5, 5.41) is 27.5. The van der Waals surface area contributed by atoms with E-state index < -0.39 is 41.7 Å². The zero-order chi connectivity index (χ0) is 31.1. The third-order valence-electron chi connectivity index (χ3n) is 6.23. The lowest BCUT2D eigenvalue weighted by atomic mass is 10.0. The lowest BCUT2D eigenvalue weighted by Crippen LogP contribution is -2.36. The molecule has 0 aliphatic rings. The molecule has 0 spiro atoms. The van der Waals surface area contributed by atoms with E-state index in [1.165, 1.54) is 46.3 Å². The quantitative estimate of drug-likeness (QED) is 0.136. The van der Waals surface area contributed by atoms with Gasteiger partial charge >= 0.3 is 12.5 Å². The first-order valence-corrected chi connectivity index (χ1v) is 12.4. The minimum atomic E-state index is -4.93. The summed E-state index contributed by atoms with van der Waals surface area (Å²) in [6, 6.07) is 3.65. The highest BCUT2D eigenvalue weighted by Crippen LogP contribution is 2.35. The van der Waals surface area contributed by atoms with Gasteiger partial charge in [-0.15, -0.1) is 18.3 Å². The first-order valence-electron chi connectivity index (χ1n) is 12.0. The number of aromatic nitrogens is 9. The molecule has 1 aromatic carbocycles. The molecule has 0 aliphatic carbocycles. The van der Waals surface area contributed by atoms with Gasteiger partial charge in [0.15, 0.2) is 23.5 Å². The van der Waals surface area contributed by atoms with Crippen molar-refractivity contribution in [1.82, 2.24) is 39.5 Å². The summed E-state index contributed by atoms with van der Waals surface area (Å²) >= 11 is 5.94. The van der Waals surface area contributed by atoms with Crippen LogP contribution in [0.1, 0.15) is 23.9 Å². The Labute approximate surface area is 241 Å². The van der Waals surface area contributed by atoms with Crippen LogP contribution in [0.2, 0.25) is 5.02 Å². The van der Waals surface area contributed by atoms with Crippen LogP contribution in [0.15, 0.2) is 55.4 Å². The van der Waals surface area contributed by atoms with Crippen molar-refractivity contribution in [3.8, 4) is 28.2 Å². The van der Waals surface area contributed by atoms with Gasteiger partial charge in [0.25, 0.3) is 0 Å². The van der Waals surface area contributed by atoms with Gasteiger partial charge in [-0.25, -0.2) is 18.7 Å². The molecule has 0 radical (unpaired) electrons. The van der Waals surface area contributed by atoms with Crippen molar-refractivity contribution in [2.75, 3.05) is 6.61 Å². The van der Waals surface area contributed by atoms with Crippen molar-refractivity contribution in [2.45, 2.75) is 25.0 Å². The summed E-state index contributed by atoms with van der Waals surface area (Å²) in [4.78, 5) is 4.09. The van der Waals surface area contributed by atoms with Gasteiger partial charge in [0.2, 0.25) is 5.69 Å². The average molecular weight is 632 g/mol. The van der Waals surface area contributed by atoms with Gasteiger partial charge in [0.05, 0.1) is 46.4 Å². The second-order valence-corrected chi connectivity index (χ2v) is 9.39. The van der Waals surface area contributed by atoms with Crippen molar-refractivity contribution in [3.63, 3.8) is 0 Å². The van der Waals surface area contributed by atoms with Gasteiger partial charge in [-0.1, -0.05) is 16.8 Å². The Morgan fingerprint density at radius 1 is 1.05 bits per heavy atom. The molecule has 0 N–H and O–H groups in total. The summed E-state index contributed by atoms with van der Waals surface area (Å²) in [6.07, 6.45) is -4.56. The van der Waals surface area contributed by atoms with Crippen molar-refractivity contribution < 1.29 is 40.2 Å². The topological polar surface area (TPSA) is 115 Å². The number of halogens is 8. The maximum Gasteiger partial charge on any atom is 0.522 e. The molecular weight excluding hydrogens is 615 g/mol. The highest BCUT2D eigenvalue weighted by Gasteiger charge is 2.35. The van der Waals surface area contributed by atoms with Crippen LogP contribution in [0, 0.1) is 11.0 Å². The van der Waals surface area contributed by atoms with Crippen LogP contribution in [0.3, 0.4) is 0 Å². The maximum atomic E-state index is 15.3. The summed E-state index contributed by atoms with van der Waals surface area (Å²) in [6.45, 7) is -0.837.